The van der Waals surface area contributed by atoms with E-state index in [1.165, 1.54) is 0 Å². The first-order valence-corrected chi connectivity index (χ1v) is 5.67. The number of nitrogens with zero attached hydrogens (tertiary/aromatic N) is 1. The van der Waals surface area contributed by atoms with Crippen molar-refractivity contribution in [3.05, 3.63) is 29.3 Å². The van der Waals surface area contributed by atoms with E-state index < -0.39 is 6.10 Å². The van der Waals surface area contributed by atoms with E-state index in [4.69, 9.17) is 9.94 Å². The van der Waals surface area contributed by atoms with E-state index in [9.17, 15) is 4.79 Å². The molecule has 0 fully saturated rings. The van der Waals surface area contributed by atoms with Gasteiger partial charge in [0.1, 0.15) is 5.75 Å². The molecule has 0 saturated heterocycles. The minimum absolute atomic E-state index is 0.207. The molecule has 0 bridgehead atoms. The molecule has 1 rings (SSSR count). The quantitative estimate of drug-likeness (QED) is 0.485. The molecule has 1 unspecified atom stereocenters. The summed E-state index contributed by atoms with van der Waals surface area (Å²) in [6.07, 6.45) is -0.609. The van der Waals surface area contributed by atoms with Crippen LogP contribution in [0.3, 0.4) is 0 Å². The third kappa shape index (κ3) is 3.23. The summed E-state index contributed by atoms with van der Waals surface area (Å²) in [5, 5.41) is 14.5. The van der Waals surface area contributed by atoms with Crippen LogP contribution >= 0.6 is 0 Å². The fourth-order valence-electron chi connectivity index (χ4n) is 1.53. The van der Waals surface area contributed by atoms with Crippen LogP contribution in [0.1, 0.15) is 25.0 Å². The van der Waals surface area contributed by atoms with Gasteiger partial charge < -0.3 is 15.3 Å². The summed E-state index contributed by atoms with van der Waals surface area (Å²) in [6, 6.07) is 5.50. The fraction of sp³-hybridized carbons (Fsp3) is 0.385. The first-order chi connectivity index (χ1) is 8.49. The van der Waals surface area contributed by atoms with Gasteiger partial charge in [0.05, 0.1) is 5.71 Å². The summed E-state index contributed by atoms with van der Waals surface area (Å²) in [5.74, 6) is 0.322. The average Bonchev–Trinajstić information content (AvgIpc) is 2.37. The molecule has 0 aromatic heterocycles. The molecule has 0 aliphatic rings. The number of aryl methyl sites for hydroxylation is 1. The normalized spacial score (nSPS) is 13.0. The van der Waals surface area contributed by atoms with Crippen molar-refractivity contribution in [3.63, 3.8) is 0 Å². The van der Waals surface area contributed by atoms with Gasteiger partial charge in [-0.1, -0.05) is 11.2 Å². The van der Waals surface area contributed by atoms with E-state index in [1.54, 1.807) is 27.0 Å². The van der Waals surface area contributed by atoms with Crippen LogP contribution in [0.2, 0.25) is 0 Å². The van der Waals surface area contributed by atoms with E-state index in [0.29, 0.717) is 17.0 Å². The van der Waals surface area contributed by atoms with Crippen LogP contribution in [0.4, 0.5) is 0 Å². The third-order valence-corrected chi connectivity index (χ3v) is 2.60. The van der Waals surface area contributed by atoms with Gasteiger partial charge >= 0.3 is 0 Å². The first kappa shape index (κ1) is 14.0. The number of likely N-dealkylation sites (N-methyl/N-ethyl adjacent to an activating group) is 1. The highest BCUT2D eigenvalue weighted by atomic mass is 16.5. The lowest BCUT2D eigenvalue weighted by Crippen LogP contribution is -2.34. The Bertz CT molecular complexity index is 469. The van der Waals surface area contributed by atoms with E-state index >= 15 is 0 Å². The van der Waals surface area contributed by atoms with Crippen LogP contribution in [0.15, 0.2) is 23.4 Å². The standard InChI is InChI=1S/C13H18N2O3/c1-8-5-6-11(9(2)15-17)12(7-8)18-10(3)13(16)14-4/h5-7,10,17H,1-4H3,(H,14,16). The van der Waals surface area contributed by atoms with Crippen LogP contribution in [-0.2, 0) is 4.79 Å². The highest BCUT2D eigenvalue weighted by molar-refractivity contribution is 6.00. The maximum Gasteiger partial charge on any atom is 0.260 e. The number of ether oxygens (including phenoxy) is 1. The Kier molecular flexibility index (Phi) is 4.71. The molecule has 98 valence electrons. The zero-order chi connectivity index (χ0) is 13.7. The zero-order valence-corrected chi connectivity index (χ0v) is 11.0. The van der Waals surface area contributed by atoms with E-state index in [0.717, 1.165) is 5.56 Å². The van der Waals surface area contributed by atoms with Crippen molar-refractivity contribution in [2.24, 2.45) is 5.16 Å². The van der Waals surface area contributed by atoms with Gasteiger partial charge in [0, 0.05) is 12.6 Å². The smallest absolute Gasteiger partial charge is 0.260 e. The van der Waals surface area contributed by atoms with Crippen molar-refractivity contribution in [1.29, 1.82) is 0 Å². The Balaban J connectivity index is 3.06. The second-order valence-electron chi connectivity index (χ2n) is 4.06. The summed E-state index contributed by atoms with van der Waals surface area (Å²) < 4.78 is 5.60. The Morgan fingerprint density at radius 2 is 2.17 bits per heavy atom. The molecule has 1 amide bonds. The van der Waals surface area contributed by atoms with Gasteiger partial charge in [-0.2, -0.15) is 0 Å². The van der Waals surface area contributed by atoms with Gasteiger partial charge in [0.2, 0.25) is 0 Å². The number of carbonyl (C=O) groups excluding carboxylic acids is 1. The zero-order valence-electron chi connectivity index (χ0n) is 11.0. The lowest BCUT2D eigenvalue weighted by atomic mass is 10.1. The summed E-state index contributed by atoms with van der Waals surface area (Å²) in [5.41, 5.74) is 2.11. The molecule has 18 heavy (non-hydrogen) atoms. The molecule has 0 aliphatic carbocycles. The maximum absolute atomic E-state index is 11.4. The molecule has 0 radical (unpaired) electrons. The SMILES string of the molecule is CNC(=O)C(C)Oc1cc(C)ccc1C(C)=NO. The summed E-state index contributed by atoms with van der Waals surface area (Å²) in [7, 11) is 1.56. The molecule has 1 atom stereocenters. The molecule has 0 saturated carbocycles. The highest BCUT2D eigenvalue weighted by Crippen LogP contribution is 2.22. The predicted molar refractivity (Wildman–Crippen MR) is 69.3 cm³/mol. The molecule has 5 nitrogen and oxygen atoms in total. The van der Waals surface area contributed by atoms with E-state index in [-0.39, 0.29) is 5.91 Å². The largest absolute Gasteiger partial charge is 0.480 e. The van der Waals surface area contributed by atoms with Crippen molar-refractivity contribution < 1.29 is 14.7 Å². The highest BCUT2D eigenvalue weighted by Gasteiger charge is 2.16. The van der Waals surface area contributed by atoms with Gasteiger partial charge in [0.25, 0.3) is 5.91 Å². The molecular weight excluding hydrogens is 232 g/mol. The number of hydrogen-bond donors (Lipinski definition) is 2. The van der Waals surface area contributed by atoms with Crippen LogP contribution < -0.4 is 10.1 Å². The Labute approximate surface area is 106 Å². The number of rotatable bonds is 4. The van der Waals surface area contributed by atoms with Crippen molar-refractivity contribution in [2.45, 2.75) is 26.9 Å². The molecule has 1 aromatic carbocycles. The van der Waals surface area contributed by atoms with E-state index in [1.807, 2.05) is 19.1 Å². The van der Waals surface area contributed by atoms with Crippen molar-refractivity contribution in [1.82, 2.24) is 5.32 Å². The first-order valence-electron chi connectivity index (χ1n) is 5.67. The molecule has 0 aliphatic heterocycles. The van der Waals surface area contributed by atoms with Gasteiger partial charge in [-0.05, 0) is 38.5 Å². The van der Waals surface area contributed by atoms with Crippen LogP contribution in [0.5, 0.6) is 5.75 Å². The third-order valence-electron chi connectivity index (χ3n) is 2.60. The number of nitrogens with one attached hydrogen (secondary N) is 1. The van der Waals surface area contributed by atoms with Crippen molar-refractivity contribution >= 4 is 11.6 Å². The molecule has 1 aromatic rings. The topological polar surface area (TPSA) is 70.9 Å². The van der Waals surface area contributed by atoms with Gasteiger partial charge in [-0.3, -0.25) is 4.79 Å². The Morgan fingerprint density at radius 1 is 1.50 bits per heavy atom. The molecule has 5 heteroatoms. The van der Waals surface area contributed by atoms with Crippen LogP contribution in [0, 0.1) is 6.92 Å². The second kappa shape index (κ2) is 6.05. The number of hydrogen-bond acceptors (Lipinski definition) is 4. The summed E-state index contributed by atoms with van der Waals surface area (Å²) >= 11 is 0. The lowest BCUT2D eigenvalue weighted by molar-refractivity contribution is -0.126. The summed E-state index contributed by atoms with van der Waals surface area (Å²) in [4.78, 5) is 11.4. The lowest BCUT2D eigenvalue weighted by Gasteiger charge is -2.16. The Morgan fingerprint density at radius 3 is 2.72 bits per heavy atom. The second-order valence-corrected chi connectivity index (χ2v) is 4.06. The number of carbonyl (C=O) groups is 1. The molecule has 2 N–H and O–H groups in total. The monoisotopic (exact) mass is 250 g/mol. The van der Waals surface area contributed by atoms with Crippen LogP contribution in [-0.4, -0.2) is 30.0 Å². The number of amides is 1. The molecular formula is C13H18N2O3. The minimum Gasteiger partial charge on any atom is -0.480 e. The van der Waals surface area contributed by atoms with Gasteiger partial charge in [-0.15, -0.1) is 0 Å². The number of benzene rings is 1. The van der Waals surface area contributed by atoms with Crippen molar-refractivity contribution in [2.75, 3.05) is 7.05 Å². The minimum atomic E-state index is -0.609. The molecule has 0 spiro atoms. The van der Waals surface area contributed by atoms with E-state index in [2.05, 4.69) is 10.5 Å². The van der Waals surface area contributed by atoms with Crippen LogP contribution in [0.25, 0.3) is 0 Å². The maximum atomic E-state index is 11.4. The summed E-state index contributed by atoms with van der Waals surface area (Å²) in [6.45, 7) is 5.26. The van der Waals surface area contributed by atoms with Gasteiger partial charge in [0.15, 0.2) is 6.10 Å². The molecule has 0 heterocycles. The Hall–Kier alpha value is -2.04. The number of oxime groups is 1. The predicted octanol–water partition coefficient (Wildman–Crippen LogP) is 1.71. The fourth-order valence-corrected chi connectivity index (χ4v) is 1.53. The van der Waals surface area contributed by atoms with Crippen molar-refractivity contribution in [3.8, 4) is 5.75 Å². The van der Waals surface area contributed by atoms with Gasteiger partial charge in [-0.25, -0.2) is 0 Å². The average molecular weight is 250 g/mol.